The first-order valence-corrected chi connectivity index (χ1v) is 11.5. The molecule has 1 N–H and O–H groups in total. The Bertz CT molecular complexity index is 1190. The Morgan fingerprint density at radius 3 is 2.43 bits per heavy atom. The topological polar surface area (TPSA) is 66.5 Å². The summed E-state index contributed by atoms with van der Waals surface area (Å²) in [6.07, 6.45) is 0.619. The highest BCUT2D eigenvalue weighted by molar-refractivity contribution is 7.89. The number of hydrogen-bond acceptors (Lipinski definition) is 3. The van der Waals surface area contributed by atoms with Gasteiger partial charge in [0.15, 0.2) is 0 Å². The molecule has 0 aromatic heterocycles. The molecule has 0 bridgehead atoms. The lowest BCUT2D eigenvalue weighted by molar-refractivity contribution is 0.0989. The van der Waals surface area contributed by atoms with E-state index in [4.69, 9.17) is 11.6 Å². The Hall–Kier alpha value is -2.67. The number of sulfonamides is 1. The minimum Gasteiger partial charge on any atom is -0.308 e. The summed E-state index contributed by atoms with van der Waals surface area (Å²) in [4.78, 5) is 14.8. The number of benzene rings is 3. The van der Waals surface area contributed by atoms with Crippen LogP contribution in [0.3, 0.4) is 0 Å². The van der Waals surface area contributed by atoms with Gasteiger partial charge in [-0.25, -0.2) is 13.1 Å². The van der Waals surface area contributed by atoms with E-state index in [1.807, 2.05) is 31.2 Å². The molecule has 1 aliphatic rings. The first-order chi connectivity index (χ1) is 14.3. The quantitative estimate of drug-likeness (QED) is 0.642. The van der Waals surface area contributed by atoms with E-state index < -0.39 is 10.0 Å². The predicted octanol–water partition coefficient (Wildman–Crippen LogP) is 4.33. The van der Waals surface area contributed by atoms with E-state index in [-0.39, 0.29) is 17.3 Å². The molecule has 3 aromatic carbocycles. The fourth-order valence-electron chi connectivity index (χ4n) is 3.47. The summed E-state index contributed by atoms with van der Waals surface area (Å²) in [6.45, 7) is 2.68. The molecule has 5 nitrogen and oxygen atoms in total. The van der Waals surface area contributed by atoms with Crippen molar-refractivity contribution < 1.29 is 13.2 Å². The fraction of sp³-hybridized carbons (Fsp3) is 0.174. The molecule has 154 valence electrons. The highest BCUT2D eigenvalue weighted by Crippen LogP contribution is 2.31. The van der Waals surface area contributed by atoms with E-state index in [2.05, 4.69) is 4.72 Å². The van der Waals surface area contributed by atoms with Gasteiger partial charge in [0.25, 0.3) is 5.91 Å². The average molecular weight is 441 g/mol. The van der Waals surface area contributed by atoms with Crippen LogP contribution in [0.2, 0.25) is 5.02 Å². The Kier molecular flexibility index (Phi) is 5.64. The molecule has 0 unspecified atom stereocenters. The molecule has 4 rings (SSSR count). The summed E-state index contributed by atoms with van der Waals surface area (Å²) >= 11 is 5.87. The van der Waals surface area contributed by atoms with Gasteiger partial charge >= 0.3 is 0 Å². The van der Waals surface area contributed by atoms with Crippen LogP contribution >= 0.6 is 11.6 Å². The van der Waals surface area contributed by atoms with Gasteiger partial charge < -0.3 is 4.90 Å². The lowest BCUT2D eigenvalue weighted by Gasteiger charge is -2.18. The SMILES string of the molecule is Cc1ccc(C(=O)N2CCc3cc(S(=O)(=O)NCc4ccc(Cl)cc4)ccc32)cc1. The van der Waals surface area contributed by atoms with E-state index in [1.54, 1.807) is 47.4 Å². The van der Waals surface area contributed by atoms with Crippen molar-refractivity contribution in [2.24, 2.45) is 0 Å². The molecule has 0 saturated carbocycles. The molecule has 1 heterocycles. The van der Waals surface area contributed by atoms with Crippen LogP contribution in [0, 0.1) is 6.92 Å². The minimum atomic E-state index is -3.67. The van der Waals surface area contributed by atoms with Gasteiger partial charge in [0.1, 0.15) is 0 Å². The second-order valence-corrected chi connectivity index (χ2v) is 9.52. The molecule has 0 fully saturated rings. The lowest BCUT2D eigenvalue weighted by atomic mass is 10.1. The molecular formula is C23H21ClN2O3S. The third kappa shape index (κ3) is 4.26. The number of nitrogens with one attached hydrogen (secondary N) is 1. The van der Waals surface area contributed by atoms with Gasteiger partial charge in [-0.15, -0.1) is 0 Å². The van der Waals surface area contributed by atoms with Crippen molar-refractivity contribution in [1.29, 1.82) is 0 Å². The second-order valence-electron chi connectivity index (χ2n) is 7.31. The third-order valence-electron chi connectivity index (χ3n) is 5.18. The van der Waals surface area contributed by atoms with Crippen molar-refractivity contribution in [3.63, 3.8) is 0 Å². The van der Waals surface area contributed by atoms with Crippen molar-refractivity contribution in [3.05, 3.63) is 94.0 Å². The second kappa shape index (κ2) is 8.22. The van der Waals surface area contributed by atoms with Gasteiger partial charge in [0, 0.05) is 29.4 Å². The molecule has 30 heavy (non-hydrogen) atoms. The molecular weight excluding hydrogens is 420 g/mol. The number of aryl methyl sites for hydroxylation is 1. The number of nitrogens with zero attached hydrogens (tertiary/aromatic N) is 1. The van der Waals surface area contributed by atoms with E-state index in [1.165, 1.54) is 0 Å². The van der Waals surface area contributed by atoms with Gasteiger partial charge in [0.2, 0.25) is 10.0 Å². The zero-order chi connectivity index (χ0) is 21.3. The first kappa shape index (κ1) is 20.6. The maximum atomic E-state index is 12.9. The standard InChI is InChI=1S/C23H21ClN2O3S/c1-16-2-6-18(7-3-16)23(27)26-13-12-19-14-21(10-11-22(19)26)30(28,29)25-15-17-4-8-20(24)9-5-17/h2-11,14,25H,12-13,15H2,1H3. The van der Waals surface area contributed by atoms with Crippen molar-refractivity contribution in [2.75, 3.05) is 11.4 Å². The van der Waals surface area contributed by atoms with Crippen molar-refractivity contribution >= 4 is 33.2 Å². The number of amides is 1. The average Bonchev–Trinajstić information content (AvgIpc) is 3.17. The van der Waals surface area contributed by atoms with Gasteiger partial charge in [-0.05, 0) is 66.9 Å². The smallest absolute Gasteiger partial charge is 0.258 e. The number of anilines is 1. The zero-order valence-corrected chi connectivity index (χ0v) is 18.0. The Morgan fingerprint density at radius 2 is 1.73 bits per heavy atom. The molecule has 0 aliphatic carbocycles. The molecule has 1 aliphatic heterocycles. The zero-order valence-electron chi connectivity index (χ0n) is 16.4. The van der Waals surface area contributed by atoms with Crippen molar-refractivity contribution in [2.45, 2.75) is 24.8 Å². The van der Waals surface area contributed by atoms with E-state index in [0.717, 1.165) is 22.4 Å². The molecule has 0 saturated heterocycles. The number of rotatable bonds is 5. The molecule has 3 aromatic rings. The van der Waals surface area contributed by atoms with Crippen molar-refractivity contribution in [3.8, 4) is 0 Å². The summed E-state index contributed by atoms with van der Waals surface area (Å²) < 4.78 is 28.1. The monoisotopic (exact) mass is 440 g/mol. The highest BCUT2D eigenvalue weighted by atomic mass is 35.5. The van der Waals surface area contributed by atoms with E-state index in [0.29, 0.717) is 23.6 Å². The summed E-state index contributed by atoms with van der Waals surface area (Å²) in [7, 11) is -3.67. The predicted molar refractivity (Wildman–Crippen MR) is 118 cm³/mol. The maximum absolute atomic E-state index is 12.9. The van der Waals surface area contributed by atoms with E-state index >= 15 is 0 Å². The van der Waals surface area contributed by atoms with Gasteiger partial charge in [-0.1, -0.05) is 41.4 Å². The number of halogens is 1. The number of carbonyl (C=O) groups excluding carboxylic acids is 1. The normalized spacial score (nSPS) is 13.3. The van der Waals surface area contributed by atoms with Crippen LogP contribution in [0.15, 0.2) is 71.6 Å². The maximum Gasteiger partial charge on any atom is 0.258 e. The van der Waals surface area contributed by atoms with E-state index in [9.17, 15) is 13.2 Å². The van der Waals surface area contributed by atoms with Crippen LogP contribution < -0.4 is 9.62 Å². The lowest BCUT2D eigenvalue weighted by Crippen LogP contribution is -2.28. The summed E-state index contributed by atoms with van der Waals surface area (Å²) in [5, 5.41) is 0.602. The number of hydrogen-bond donors (Lipinski definition) is 1. The highest BCUT2D eigenvalue weighted by Gasteiger charge is 2.27. The van der Waals surface area contributed by atoms with Crippen LogP contribution in [0.4, 0.5) is 5.69 Å². The Labute approximate surface area is 181 Å². The Morgan fingerprint density at radius 1 is 1.03 bits per heavy atom. The molecule has 0 radical (unpaired) electrons. The first-order valence-electron chi connectivity index (χ1n) is 9.59. The van der Waals surface area contributed by atoms with Gasteiger partial charge in [-0.3, -0.25) is 4.79 Å². The number of fused-ring (bicyclic) bond motifs is 1. The molecule has 7 heteroatoms. The summed E-state index contributed by atoms with van der Waals surface area (Å²) in [5.41, 5.74) is 4.14. The molecule has 0 atom stereocenters. The minimum absolute atomic E-state index is 0.0785. The third-order valence-corrected chi connectivity index (χ3v) is 6.83. The largest absolute Gasteiger partial charge is 0.308 e. The van der Waals surface area contributed by atoms with Gasteiger partial charge in [-0.2, -0.15) is 0 Å². The summed E-state index contributed by atoms with van der Waals surface area (Å²) in [5.74, 6) is -0.0785. The van der Waals surface area contributed by atoms with Crippen molar-refractivity contribution in [1.82, 2.24) is 4.72 Å². The van der Waals surface area contributed by atoms with Crippen LogP contribution in [0.25, 0.3) is 0 Å². The van der Waals surface area contributed by atoms with Crippen LogP contribution in [-0.2, 0) is 23.0 Å². The summed E-state index contributed by atoms with van der Waals surface area (Å²) in [6, 6.07) is 19.4. The van der Waals surface area contributed by atoms with Crippen LogP contribution in [-0.4, -0.2) is 20.9 Å². The number of carbonyl (C=O) groups is 1. The van der Waals surface area contributed by atoms with Crippen LogP contribution in [0.5, 0.6) is 0 Å². The van der Waals surface area contributed by atoms with Gasteiger partial charge in [0.05, 0.1) is 4.90 Å². The fourth-order valence-corrected chi connectivity index (χ4v) is 4.67. The molecule has 1 amide bonds. The Balaban J connectivity index is 1.52. The van der Waals surface area contributed by atoms with Crippen LogP contribution in [0.1, 0.15) is 27.0 Å². The molecule has 0 spiro atoms.